The number of halogens is 3. The SMILES string of the molecule is O=C(c1ccccc1F)N1CCN(CC(O)c2ccc(Cl)cc2Cl)CC1. The molecule has 1 unspecified atom stereocenters. The van der Waals surface area contributed by atoms with Gasteiger partial charge >= 0.3 is 0 Å². The third kappa shape index (κ3) is 4.35. The number of benzene rings is 2. The smallest absolute Gasteiger partial charge is 0.256 e. The molecule has 1 saturated heterocycles. The number of amides is 1. The van der Waals surface area contributed by atoms with Crippen molar-refractivity contribution in [1.29, 1.82) is 0 Å². The fourth-order valence-electron chi connectivity index (χ4n) is 3.05. The number of piperazine rings is 1. The van der Waals surface area contributed by atoms with Crippen molar-refractivity contribution in [2.24, 2.45) is 0 Å². The second-order valence-corrected chi connectivity index (χ2v) is 7.10. The lowest BCUT2D eigenvalue weighted by Gasteiger charge is -2.35. The Bertz CT molecular complexity index is 795. The van der Waals surface area contributed by atoms with Crippen molar-refractivity contribution < 1.29 is 14.3 Å². The van der Waals surface area contributed by atoms with Gasteiger partial charge in [0.05, 0.1) is 11.7 Å². The van der Waals surface area contributed by atoms with Crippen LogP contribution < -0.4 is 0 Å². The zero-order chi connectivity index (χ0) is 18.7. The van der Waals surface area contributed by atoms with Gasteiger partial charge in [-0.15, -0.1) is 0 Å². The number of aliphatic hydroxyl groups excluding tert-OH is 1. The Balaban J connectivity index is 1.57. The summed E-state index contributed by atoms with van der Waals surface area (Å²) >= 11 is 12.0. The summed E-state index contributed by atoms with van der Waals surface area (Å²) in [5.41, 5.74) is 0.717. The van der Waals surface area contributed by atoms with Crippen LogP contribution in [0.4, 0.5) is 4.39 Å². The molecule has 26 heavy (non-hydrogen) atoms. The Labute approximate surface area is 161 Å². The molecule has 0 bridgehead atoms. The van der Waals surface area contributed by atoms with Gasteiger partial charge in [0, 0.05) is 48.3 Å². The Morgan fingerprint density at radius 3 is 2.46 bits per heavy atom. The van der Waals surface area contributed by atoms with Crippen molar-refractivity contribution in [2.45, 2.75) is 6.10 Å². The molecule has 1 aliphatic heterocycles. The van der Waals surface area contributed by atoms with Gasteiger partial charge in [0.2, 0.25) is 0 Å². The first-order valence-electron chi connectivity index (χ1n) is 8.35. The Morgan fingerprint density at radius 2 is 1.81 bits per heavy atom. The van der Waals surface area contributed by atoms with Crippen LogP contribution in [0.15, 0.2) is 42.5 Å². The molecule has 0 saturated carbocycles. The summed E-state index contributed by atoms with van der Waals surface area (Å²) in [7, 11) is 0. The van der Waals surface area contributed by atoms with E-state index in [0.717, 1.165) is 0 Å². The number of β-amino-alcohol motifs (C(OH)–C–C–N with tert-alkyl or cyclic N) is 1. The highest BCUT2D eigenvalue weighted by atomic mass is 35.5. The third-order valence-corrected chi connectivity index (χ3v) is 5.08. The number of carbonyl (C=O) groups excluding carboxylic acids is 1. The number of nitrogens with zero attached hydrogens (tertiary/aromatic N) is 2. The zero-order valence-corrected chi connectivity index (χ0v) is 15.5. The maximum atomic E-state index is 13.8. The number of aliphatic hydroxyl groups is 1. The van der Waals surface area contributed by atoms with Crippen LogP contribution in [-0.4, -0.2) is 53.5 Å². The van der Waals surface area contributed by atoms with Crippen LogP contribution in [-0.2, 0) is 0 Å². The van der Waals surface area contributed by atoms with E-state index in [4.69, 9.17) is 23.2 Å². The van der Waals surface area contributed by atoms with Crippen molar-refractivity contribution in [1.82, 2.24) is 9.80 Å². The Kier molecular flexibility index (Phi) is 6.14. The first-order chi connectivity index (χ1) is 12.5. The van der Waals surface area contributed by atoms with E-state index in [1.165, 1.54) is 12.1 Å². The van der Waals surface area contributed by atoms with Crippen LogP contribution in [0.3, 0.4) is 0 Å². The number of rotatable bonds is 4. The Hall–Kier alpha value is -1.66. The second kappa shape index (κ2) is 8.35. The van der Waals surface area contributed by atoms with E-state index < -0.39 is 11.9 Å². The first kappa shape index (κ1) is 19.1. The van der Waals surface area contributed by atoms with Crippen LogP contribution in [0.25, 0.3) is 0 Å². The van der Waals surface area contributed by atoms with Gasteiger partial charge in [-0.1, -0.05) is 41.4 Å². The molecule has 3 rings (SSSR count). The normalized spacial score (nSPS) is 16.5. The molecule has 0 radical (unpaired) electrons. The summed E-state index contributed by atoms with van der Waals surface area (Å²) < 4.78 is 13.8. The van der Waals surface area contributed by atoms with E-state index in [-0.39, 0.29) is 11.5 Å². The quantitative estimate of drug-likeness (QED) is 0.857. The van der Waals surface area contributed by atoms with Crippen molar-refractivity contribution >= 4 is 29.1 Å². The lowest BCUT2D eigenvalue weighted by Crippen LogP contribution is -2.49. The van der Waals surface area contributed by atoms with Crippen molar-refractivity contribution in [3.63, 3.8) is 0 Å². The number of hydrogen-bond donors (Lipinski definition) is 1. The van der Waals surface area contributed by atoms with Crippen LogP contribution >= 0.6 is 23.2 Å². The molecule has 1 heterocycles. The maximum Gasteiger partial charge on any atom is 0.256 e. The minimum absolute atomic E-state index is 0.0916. The zero-order valence-electron chi connectivity index (χ0n) is 14.0. The molecule has 0 aromatic heterocycles. The van der Waals surface area contributed by atoms with Gasteiger partial charge < -0.3 is 10.0 Å². The number of hydrogen-bond acceptors (Lipinski definition) is 3. The van der Waals surface area contributed by atoms with E-state index in [1.807, 2.05) is 0 Å². The van der Waals surface area contributed by atoms with Gasteiger partial charge in [-0.2, -0.15) is 0 Å². The molecule has 0 spiro atoms. The molecule has 1 aliphatic rings. The lowest BCUT2D eigenvalue weighted by atomic mass is 10.1. The standard InChI is InChI=1S/C19H19Cl2FN2O2/c20-13-5-6-14(16(21)11-13)18(25)12-23-7-9-24(10-8-23)19(26)15-3-1-2-4-17(15)22/h1-6,11,18,25H,7-10,12H2. The van der Waals surface area contributed by atoms with Gasteiger partial charge in [0.25, 0.3) is 5.91 Å². The monoisotopic (exact) mass is 396 g/mol. The number of carbonyl (C=O) groups is 1. The summed E-state index contributed by atoms with van der Waals surface area (Å²) in [5.74, 6) is -0.809. The third-order valence-electron chi connectivity index (χ3n) is 4.52. The van der Waals surface area contributed by atoms with Crippen LogP contribution in [0.5, 0.6) is 0 Å². The second-order valence-electron chi connectivity index (χ2n) is 6.25. The van der Waals surface area contributed by atoms with E-state index in [1.54, 1.807) is 35.2 Å². The van der Waals surface area contributed by atoms with Gasteiger partial charge in [-0.05, 0) is 24.3 Å². The highest BCUT2D eigenvalue weighted by Crippen LogP contribution is 2.27. The average Bonchev–Trinajstić information content (AvgIpc) is 2.62. The predicted octanol–water partition coefficient (Wildman–Crippen LogP) is 3.62. The minimum Gasteiger partial charge on any atom is -0.387 e. The van der Waals surface area contributed by atoms with Gasteiger partial charge in [-0.3, -0.25) is 9.69 Å². The summed E-state index contributed by atoms with van der Waals surface area (Å²) in [5, 5.41) is 11.4. The Morgan fingerprint density at radius 1 is 1.12 bits per heavy atom. The molecule has 0 aliphatic carbocycles. The molecule has 2 aromatic carbocycles. The molecular weight excluding hydrogens is 378 g/mol. The lowest BCUT2D eigenvalue weighted by molar-refractivity contribution is 0.0524. The average molecular weight is 397 g/mol. The van der Waals surface area contributed by atoms with Crippen LogP contribution in [0, 0.1) is 5.82 Å². The highest BCUT2D eigenvalue weighted by Gasteiger charge is 2.25. The summed E-state index contributed by atoms with van der Waals surface area (Å²) in [6.45, 7) is 2.57. The van der Waals surface area contributed by atoms with E-state index in [2.05, 4.69) is 4.90 Å². The van der Waals surface area contributed by atoms with Gasteiger partial charge in [0.1, 0.15) is 5.82 Å². The topological polar surface area (TPSA) is 43.8 Å². The highest BCUT2D eigenvalue weighted by molar-refractivity contribution is 6.35. The molecule has 2 aromatic rings. The van der Waals surface area contributed by atoms with Crippen molar-refractivity contribution in [3.05, 3.63) is 69.5 Å². The fourth-order valence-corrected chi connectivity index (χ4v) is 3.59. The molecular formula is C19H19Cl2FN2O2. The van der Waals surface area contributed by atoms with Gasteiger partial charge in [0.15, 0.2) is 0 Å². The molecule has 1 fully saturated rings. The van der Waals surface area contributed by atoms with Crippen molar-refractivity contribution in [2.75, 3.05) is 32.7 Å². The summed E-state index contributed by atoms with van der Waals surface area (Å²) in [4.78, 5) is 16.1. The predicted molar refractivity (Wildman–Crippen MR) is 100 cm³/mol. The fraction of sp³-hybridized carbons (Fsp3) is 0.316. The minimum atomic E-state index is -0.742. The summed E-state index contributed by atoms with van der Waals surface area (Å²) in [6.07, 6.45) is -0.742. The molecule has 1 atom stereocenters. The molecule has 138 valence electrons. The molecule has 4 nitrogen and oxygen atoms in total. The summed E-state index contributed by atoms with van der Waals surface area (Å²) in [6, 6.07) is 11.0. The van der Waals surface area contributed by atoms with Crippen LogP contribution in [0.2, 0.25) is 10.0 Å². The largest absolute Gasteiger partial charge is 0.387 e. The molecule has 1 N–H and O–H groups in total. The first-order valence-corrected chi connectivity index (χ1v) is 9.10. The van der Waals surface area contributed by atoms with E-state index in [0.29, 0.717) is 48.3 Å². The van der Waals surface area contributed by atoms with E-state index >= 15 is 0 Å². The van der Waals surface area contributed by atoms with E-state index in [9.17, 15) is 14.3 Å². The maximum absolute atomic E-state index is 13.8. The van der Waals surface area contributed by atoms with Gasteiger partial charge in [-0.25, -0.2) is 4.39 Å². The molecule has 7 heteroatoms. The van der Waals surface area contributed by atoms with Crippen LogP contribution in [0.1, 0.15) is 22.0 Å². The molecule has 1 amide bonds. The van der Waals surface area contributed by atoms with Crippen molar-refractivity contribution in [3.8, 4) is 0 Å².